The molecule has 0 aliphatic heterocycles. The lowest BCUT2D eigenvalue weighted by atomic mass is 10.4. The van der Waals surface area contributed by atoms with Crippen LogP contribution in [-0.2, 0) is 17.7 Å². The maximum Gasteiger partial charge on any atom is 0.111 e. The van der Waals surface area contributed by atoms with Gasteiger partial charge in [0.05, 0.1) is 18.3 Å². The van der Waals surface area contributed by atoms with Crippen molar-refractivity contribution in [2.75, 3.05) is 19.1 Å². The summed E-state index contributed by atoms with van der Waals surface area (Å²) in [6, 6.07) is 1.98. The Kier molecular flexibility index (Phi) is 4.34. The van der Waals surface area contributed by atoms with Crippen LogP contribution in [0.2, 0.25) is 0 Å². The molecule has 0 aliphatic rings. The van der Waals surface area contributed by atoms with Crippen LogP contribution in [0, 0.1) is 0 Å². The van der Waals surface area contributed by atoms with E-state index in [-0.39, 0.29) is 0 Å². The minimum absolute atomic E-state index is 0.575. The first-order valence-corrected chi connectivity index (χ1v) is 6.33. The van der Waals surface area contributed by atoms with E-state index in [1.54, 1.807) is 12.4 Å². The summed E-state index contributed by atoms with van der Waals surface area (Å²) in [6.45, 7) is 4.23. The third-order valence-electron chi connectivity index (χ3n) is 2.61. The molecule has 2 rings (SSSR count). The first kappa shape index (κ1) is 12.3. The number of imidazole rings is 1. The van der Waals surface area contributed by atoms with E-state index in [1.807, 2.05) is 13.0 Å². The molecule has 0 spiro atoms. The van der Waals surface area contributed by atoms with Crippen LogP contribution in [0.15, 0.2) is 18.5 Å². The maximum atomic E-state index is 5.80. The number of nitrogens with zero attached hydrogens (tertiary/aromatic N) is 3. The van der Waals surface area contributed by atoms with Gasteiger partial charge < -0.3 is 9.30 Å². The third kappa shape index (κ3) is 2.76. The molecule has 2 aromatic rings. The molecular formula is C12H16ClN3O. The second-order valence-corrected chi connectivity index (χ2v) is 4.06. The van der Waals surface area contributed by atoms with E-state index in [4.69, 9.17) is 16.3 Å². The van der Waals surface area contributed by atoms with Crippen molar-refractivity contribution in [2.45, 2.75) is 19.9 Å². The third-order valence-corrected chi connectivity index (χ3v) is 2.80. The van der Waals surface area contributed by atoms with Crippen LogP contribution in [-0.4, -0.2) is 33.6 Å². The van der Waals surface area contributed by atoms with Crippen molar-refractivity contribution in [3.05, 3.63) is 24.3 Å². The van der Waals surface area contributed by atoms with Crippen molar-refractivity contribution in [3.8, 4) is 0 Å². The van der Waals surface area contributed by atoms with Gasteiger partial charge >= 0.3 is 0 Å². The van der Waals surface area contributed by atoms with Crippen LogP contribution in [0.5, 0.6) is 0 Å². The van der Waals surface area contributed by atoms with Crippen molar-refractivity contribution >= 4 is 22.6 Å². The minimum atomic E-state index is 0.575. The second-order valence-electron chi connectivity index (χ2n) is 3.68. The molecule has 0 bridgehead atoms. The monoisotopic (exact) mass is 253 g/mol. The molecular weight excluding hydrogens is 238 g/mol. The lowest BCUT2D eigenvalue weighted by Gasteiger charge is -2.08. The van der Waals surface area contributed by atoms with Gasteiger partial charge in [0.15, 0.2) is 0 Å². The van der Waals surface area contributed by atoms with Gasteiger partial charge in [-0.2, -0.15) is 0 Å². The second kappa shape index (κ2) is 5.98. The zero-order valence-corrected chi connectivity index (χ0v) is 10.7. The van der Waals surface area contributed by atoms with Gasteiger partial charge in [0.1, 0.15) is 11.3 Å². The number of hydrogen-bond donors (Lipinski definition) is 0. The van der Waals surface area contributed by atoms with E-state index < -0.39 is 0 Å². The van der Waals surface area contributed by atoms with Crippen molar-refractivity contribution in [1.29, 1.82) is 0 Å². The minimum Gasteiger partial charge on any atom is -0.380 e. The van der Waals surface area contributed by atoms with Crippen molar-refractivity contribution in [1.82, 2.24) is 14.5 Å². The molecule has 2 aromatic heterocycles. The summed E-state index contributed by atoms with van der Waals surface area (Å²) in [5.41, 5.74) is 2.02. The highest BCUT2D eigenvalue weighted by Gasteiger charge is 2.09. The number of halogens is 1. The summed E-state index contributed by atoms with van der Waals surface area (Å²) in [4.78, 5) is 8.63. The Morgan fingerprint density at radius 1 is 1.47 bits per heavy atom. The number of alkyl halides is 1. The normalized spacial score (nSPS) is 11.2. The van der Waals surface area contributed by atoms with Gasteiger partial charge in [0, 0.05) is 31.6 Å². The SMILES string of the molecule is CCOCCn1c(CCCl)nc2cnccc21. The number of ether oxygens (including phenoxy) is 1. The lowest BCUT2D eigenvalue weighted by Crippen LogP contribution is -2.09. The van der Waals surface area contributed by atoms with Crippen LogP contribution >= 0.6 is 11.6 Å². The first-order valence-electron chi connectivity index (χ1n) is 5.79. The number of rotatable bonds is 6. The molecule has 92 valence electrons. The van der Waals surface area contributed by atoms with Crippen LogP contribution in [0.25, 0.3) is 11.0 Å². The van der Waals surface area contributed by atoms with Gasteiger partial charge in [-0.25, -0.2) is 4.98 Å². The Balaban J connectivity index is 2.30. The fraction of sp³-hybridized carbons (Fsp3) is 0.500. The van der Waals surface area contributed by atoms with Crippen molar-refractivity contribution < 1.29 is 4.74 Å². The largest absolute Gasteiger partial charge is 0.380 e. The summed E-state index contributed by atoms with van der Waals surface area (Å²) in [5, 5.41) is 0. The number of hydrogen-bond acceptors (Lipinski definition) is 3. The van der Waals surface area contributed by atoms with Gasteiger partial charge in [0.2, 0.25) is 0 Å². The molecule has 0 amide bonds. The fourth-order valence-electron chi connectivity index (χ4n) is 1.86. The number of aromatic nitrogens is 3. The smallest absolute Gasteiger partial charge is 0.111 e. The highest BCUT2D eigenvalue weighted by atomic mass is 35.5. The average Bonchev–Trinajstić information content (AvgIpc) is 2.69. The van der Waals surface area contributed by atoms with Gasteiger partial charge in [-0.15, -0.1) is 11.6 Å². The molecule has 0 fully saturated rings. The molecule has 17 heavy (non-hydrogen) atoms. The zero-order valence-electron chi connectivity index (χ0n) is 9.90. The van der Waals surface area contributed by atoms with Crippen LogP contribution in [0.4, 0.5) is 0 Å². The van der Waals surface area contributed by atoms with E-state index in [2.05, 4.69) is 14.5 Å². The predicted molar refractivity (Wildman–Crippen MR) is 68.4 cm³/mol. The van der Waals surface area contributed by atoms with Crippen molar-refractivity contribution in [2.24, 2.45) is 0 Å². The Bertz CT molecular complexity index is 484. The Morgan fingerprint density at radius 2 is 2.35 bits per heavy atom. The Hall–Kier alpha value is -1.13. The summed E-state index contributed by atoms with van der Waals surface area (Å²) >= 11 is 5.80. The van der Waals surface area contributed by atoms with Crippen LogP contribution in [0.1, 0.15) is 12.7 Å². The quantitative estimate of drug-likeness (QED) is 0.586. The lowest BCUT2D eigenvalue weighted by molar-refractivity contribution is 0.139. The van der Waals surface area contributed by atoms with Crippen LogP contribution < -0.4 is 0 Å². The predicted octanol–water partition coefficient (Wildman–Crippen LogP) is 2.25. The topological polar surface area (TPSA) is 39.9 Å². The molecule has 5 heteroatoms. The maximum absolute atomic E-state index is 5.80. The number of fused-ring (bicyclic) bond motifs is 1. The molecule has 0 aliphatic carbocycles. The zero-order chi connectivity index (χ0) is 12.1. The van der Waals surface area contributed by atoms with Gasteiger partial charge in [-0.1, -0.05) is 0 Å². The molecule has 0 N–H and O–H groups in total. The molecule has 4 nitrogen and oxygen atoms in total. The Labute approximate surface area is 106 Å². The summed E-state index contributed by atoms with van der Waals surface area (Å²) in [6.07, 6.45) is 4.33. The van der Waals surface area contributed by atoms with E-state index in [9.17, 15) is 0 Å². The molecule has 2 heterocycles. The first-order chi connectivity index (χ1) is 8.36. The standard InChI is InChI=1S/C12H16ClN3O/c1-2-17-8-7-16-11-4-6-14-9-10(11)15-12(16)3-5-13/h4,6,9H,2-3,5,7-8H2,1H3. The highest BCUT2D eigenvalue weighted by molar-refractivity contribution is 6.17. The molecule has 0 unspecified atom stereocenters. The molecule has 0 aromatic carbocycles. The highest BCUT2D eigenvalue weighted by Crippen LogP contribution is 2.15. The van der Waals surface area contributed by atoms with Crippen molar-refractivity contribution in [3.63, 3.8) is 0 Å². The Morgan fingerprint density at radius 3 is 3.12 bits per heavy atom. The van der Waals surface area contributed by atoms with E-state index in [0.29, 0.717) is 12.5 Å². The molecule has 0 radical (unpaired) electrons. The van der Waals surface area contributed by atoms with Gasteiger partial charge in [-0.05, 0) is 13.0 Å². The summed E-state index contributed by atoms with van der Waals surface area (Å²) < 4.78 is 7.55. The van der Waals surface area contributed by atoms with Gasteiger partial charge in [0.25, 0.3) is 0 Å². The van der Waals surface area contributed by atoms with E-state index in [0.717, 1.165) is 36.4 Å². The van der Waals surface area contributed by atoms with E-state index in [1.165, 1.54) is 0 Å². The molecule has 0 saturated carbocycles. The summed E-state index contributed by atoms with van der Waals surface area (Å²) in [7, 11) is 0. The summed E-state index contributed by atoms with van der Waals surface area (Å²) in [5.74, 6) is 1.58. The fourth-order valence-corrected chi connectivity index (χ4v) is 2.03. The molecule has 0 atom stereocenters. The molecule has 0 saturated heterocycles. The van der Waals surface area contributed by atoms with E-state index >= 15 is 0 Å². The van der Waals surface area contributed by atoms with Gasteiger partial charge in [-0.3, -0.25) is 4.98 Å². The average molecular weight is 254 g/mol. The number of pyridine rings is 1. The van der Waals surface area contributed by atoms with Crippen LogP contribution in [0.3, 0.4) is 0 Å². The number of aryl methyl sites for hydroxylation is 1.